The van der Waals surface area contributed by atoms with E-state index in [1.807, 2.05) is 56.6 Å². The third-order valence-corrected chi connectivity index (χ3v) is 16.2. The van der Waals surface area contributed by atoms with Crippen LogP contribution in [-0.4, -0.2) is 224 Å². The summed E-state index contributed by atoms with van der Waals surface area (Å²) in [6, 6.07) is 22.0. The fourth-order valence-corrected chi connectivity index (χ4v) is 11.2. The molecule has 3 fully saturated rings. The van der Waals surface area contributed by atoms with Crippen molar-refractivity contribution in [2.75, 3.05) is 176 Å². The number of piperazine rings is 1. The molecule has 0 aliphatic carbocycles. The lowest BCUT2D eigenvalue weighted by Crippen LogP contribution is -2.49. The zero-order valence-electron chi connectivity index (χ0n) is 50.3. The monoisotopic (exact) mass is 1230 g/mol. The number of likely N-dealkylation sites (tertiary alicyclic amines) is 1. The molecule has 0 radical (unpaired) electrons. The summed E-state index contributed by atoms with van der Waals surface area (Å²) >= 11 is 1.53. The van der Waals surface area contributed by atoms with Crippen LogP contribution in [-0.2, 0) is 35.1 Å². The summed E-state index contributed by atoms with van der Waals surface area (Å²) in [7, 11) is 8.82. The number of methoxy groups -OCH3 is 2. The molecule has 3 aliphatic rings. The van der Waals surface area contributed by atoms with Crippen LogP contribution >= 0.6 is 11.9 Å². The van der Waals surface area contributed by atoms with Crippen LogP contribution in [0, 0.1) is 22.7 Å². The number of halogens is 3. The minimum absolute atomic E-state index is 0.0432. The van der Waals surface area contributed by atoms with Crippen molar-refractivity contribution in [3.8, 4) is 29.1 Å². The highest BCUT2D eigenvalue weighted by molar-refractivity contribution is 7.97. The van der Waals surface area contributed by atoms with Crippen LogP contribution in [0.3, 0.4) is 0 Å². The van der Waals surface area contributed by atoms with E-state index in [4.69, 9.17) is 44.0 Å². The zero-order valence-corrected chi connectivity index (χ0v) is 51.2. The molecule has 472 valence electrons. The molecule has 26 heteroatoms. The quantitative estimate of drug-likeness (QED) is 0.0122. The molecule has 0 atom stereocenters. The third-order valence-electron chi connectivity index (χ3n) is 15.3. The number of piperidine rings is 2. The number of anilines is 3. The van der Waals surface area contributed by atoms with Gasteiger partial charge in [0.15, 0.2) is 12.1 Å². The summed E-state index contributed by atoms with van der Waals surface area (Å²) in [5, 5.41) is 31.0. The Morgan fingerprint density at radius 2 is 1.60 bits per heavy atom. The van der Waals surface area contributed by atoms with Crippen LogP contribution in [0.2, 0.25) is 0 Å². The smallest absolute Gasteiger partial charge is 0.406 e. The van der Waals surface area contributed by atoms with E-state index in [-0.39, 0.29) is 61.6 Å². The summed E-state index contributed by atoms with van der Waals surface area (Å²) in [5.41, 5.74) is 3.31. The number of hydrogen-bond donors (Lipinski definition) is 5. The lowest BCUT2D eigenvalue weighted by molar-refractivity contribution is -0.140. The number of nitrogens with zero attached hydrogens (tertiary/aromatic N) is 8. The predicted molar refractivity (Wildman–Crippen MR) is 328 cm³/mol. The summed E-state index contributed by atoms with van der Waals surface area (Å²) in [6.45, 7) is 8.08. The Bertz CT molecular complexity index is 3200. The average Bonchev–Trinajstić information content (AvgIpc) is 1.99. The fraction of sp³-hybridized carbons (Fsp3) is 0.525. The maximum Gasteiger partial charge on any atom is 0.406 e. The number of ether oxygens (including phenoxy) is 7. The molecule has 5 aromatic rings. The van der Waals surface area contributed by atoms with Gasteiger partial charge in [0, 0.05) is 80.9 Å². The van der Waals surface area contributed by atoms with Gasteiger partial charge in [0.1, 0.15) is 36.2 Å². The van der Waals surface area contributed by atoms with Gasteiger partial charge in [-0.1, -0.05) is 18.1 Å². The number of hydrogen-bond acceptors (Lipinski definition) is 19. The molecule has 0 spiro atoms. The van der Waals surface area contributed by atoms with Crippen LogP contribution < -0.4 is 40.5 Å². The molecule has 2 amide bonds. The van der Waals surface area contributed by atoms with Crippen LogP contribution in [0.4, 0.5) is 30.4 Å². The molecule has 3 aliphatic heterocycles. The molecule has 3 saturated heterocycles. The maximum absolute atomic E-state index is 13.8. The van der Waals surface area contributed by atoms with E-state index in [9.17, 15) is 22.8 Å². The van der Waals surface area contributed by atoms with Crippen molar-refractivity contribution in [2.45, 2.75) is 55.3 Å². The summed E-state index contributed by atoms with van der Waals surface area (Å²) in [6.07, 6.45) is -0.962. The Kier molecular flexibility index (Phi) is 24.7. The topological polar surface area (TPSA) is 221 Å². The SMILES string of the molecule is COC(=N)n1nc(N2CCC(c3ccc(OCCN4CCN(C)C(=O)C4)cc3OCC(=O)NCCOCCOCCOCCN(C)Sc3ccc(NCC#Cc4cc5c(NC6CCN(C)CC6)cccc5n4CC(F)(F)F)c(OC)c3)CC2)ccc1=N. The van der Waals surface area contributed by atoms with E-state index in [0.717, 1.165) is 71.5 Å². The number of likely N-dealkylation sites (N-methyl/N-ethyl adjacent to an activating group) is 2. The first-order valence-corrected chi connectivity index (χ1v) is 30.1. The second kappa shape index (κ2) is 32.6. The highest BCUT2D eigenvalue weighted by atomic mass is 32.2. The van der Waals surface area contributed by atoms with Crippen molar-refractivity contribution < 1.29 is 55.9 Å². The summed E-state index contributed by atoms with van der Waals surface area (Å²) in [5.74, 6) is 8.33. The number of aromatic nitrogens is 3. The summed E-state index contributed by atoms with van der Waals surface area (Å²) in [4.78, 5) is 34.4. The first kappa shape index (κ1) is 65.7. The van der Waals surface area contributed by atoms with E-state index in [0.29, 0.717) is 119 Å². The Labute approximate surface area is 510 Å². The van der Waals surface area contributed by atoms with Crippen molar-refractivity contribution in [2.24, 2.45) is 0 Å². The largest absolute Gasteiger partial charge is 0.495 e. The van der Waals surface area contributed by atoms with Crippen molar-refractivity contribution in [3.05, 3.63) is 89.5 Å². The molecule has 3 aromatic carbocycles. The highest BCUT2D eigenvalue weighted by Gasteiger charge is 2.31. The molecular formula is C61H82F3N13O9S. The van der Waals surface area contributed by atoms with Gasteiger partial charge in [-0.2, -0.15) is 17.9 Å². The highest BCUT2D eigenvalue weighted by Crippen LogP contribution is 2.38. The van der Waals surface area contributed by atoms with Gasteiger partial charge in [0.05, 0.1) is 83.8 Å². The van der Waals surface area contributed by atoms with Crippen LogP contribution in [0.1, 0.15) is 42.9 Å². The molecular weight excluding hydrogens is 1150 g/mol. The molecule has 22 nitrogen and oxygen atoms in total. The Hall–Kier alpha value is -7.25. The van der Waals surface area contributed by atoms with Crippen LogP contribution in [0.25, 0.3) is 10.9 Å². The van der Waals surface area contributed by atoms with E-state index in [2.05, 4.69) is 58.9 Å². The number of carbonyl (C=O) groups is 2. The van der Waals surface area contributed by atoms with E-state index < -0.39 is 12.7 Å². The van der Waals surface area contributed by atoms with Gasteiger partial charge < -0.3 is 68.4 Å². The predicted octanol–water partition coefficient (Wildman–Crippen LogP) is 6.01. The molecule has 5 N–H and O–H groups in total. The lowest BCUT2D eigenvalue weighted by Gasteiger charge is -2.33. The number of fused-ring (bicyclic) bond motifs is 1. The van der Waals surface area contributed by atoms with Gasteiger partial charge in [0.2, 0.25) is 5.91 Å². The van der Waals surface area contributed by atoms with Gasteiger partial charge in [-0.15, -0.1) is 5.10 Å². The molecule has 8 rings (SSSR count). The van der Waals surface area contributed by atoms with Gasteiger partial charge in [-0.05, 0) is 137 Å². The molecule has 2 aromatic heterocycles. The second-order valence-corrected chi connectivity index (χ2v) is 22.8. The van der Waals surface area contributed by atoms with E-state index in [1.165, 1.54) is 23.6 Å². The van der Waals surface area contributed by atoms with Crippen LogP contribution in [0.15, 0.2) is 77.7 Å². The molecule has 0 saturated carbocycles. The van der Waals surface area contributed by atoms with Gasteiger partial charge >= 0.3 is 12.2 Å². The second-order valence-electron chi connectivity index (χ2n) is 21.5. The first-order chi connectivity index (χ1) is 42.0. The Balaban J connectivity index is 0.702. The average molecular weight is 1230 g/mol. The minimum Gasteiger partial charge on any atom is -0.495 e. The van der Waals surface area contributed by atoms with Crippen molar-refractivity contribution in [3.63, 3.8) is 0 Å². The molecule has 5 heterocycles. The minimum atomic E-state index is -4.42. The summed E-state index contributed by atoms with van der Waals surface area (Å²) < 4.78 is 86.2. The standard InChI is InChI=1S/C61H82F3N13O9S/c1-71-23-19-45(20-24-71)69-51-9-6-10-53-50(51)38-46(76(53)43-61(62,63)64)8-7-21-67-52-14-12-48(40-55(52)80-4)87-73(3)29-32-83-35-37-84-36-34-82-31-22-68-58(78)42-86-54-39-47(85-33-30-74-28-27-72(2)59(79)41-74)11-13-49(54)44-17-25-75(26-18-44)57-16-15-56(65)77(70-57)60(66)81-5/h6,9-16,38-40,44-45,65-67,69H,17-37,41-43H2,1-5H3,(H,68,78). The van der Waals surface area contributed by atoms with Crippen molar-refractivity contribution in [1.82, 2.24) is 38.7 Å². The Morgan fingerprint density at radius 3 is 2.33 bits per heavy atom. The zero-order chi connectivity index (χ0) is 61.7. The number of carbonyl (C=O) groups excluding carboxylic acids is 2. The first-order valence-electron chi connectivity index (χ1n) is 29.4. The van der Waals surface area contributed by atoms with Gasteiger partial charge in [-0.25, -0.2) is 9.71 Å². The van der Waals surface area contributed by atoms with E-state index >= 15 is 0 Å². The molecule has 0 unspecified atom stereocenters. The number of nitrogens with one attached hydrogen (secondary N) is 5. The maximum atomic E-state index is 13.8. The van der Waals surface area contributed by atoms with Gasteiger partial charge in [0.25, 0.3) is 5.91 Å². The van der Waals surface area contributed by atoms with Gasteiger partial charge in [-0.3, -0.25) is 19.9 Å². The van der Waals surface area contributed by atoms with E-state index in [1.54, 1.807) is 42.3 Å². The number of amides is 2. The molecule has 87 heavy (non-hydrogen) atoms. The number of benzene rings is 3. The van der Waals surface area contributed by atoms with Crippen molar-refractivity contribution in [1.29, 1.82) is 10.8 Å². The lowest BCUT2D eigenvalue weighted by atomic mass is 9.88. The molecule has 0 bridgehead atoms. The fourth-order valence-electron chi connectivity index (χ4n) is 10.4. The van der Waals surface area contributed by atoms with Crippen LogP contribution in [0.5, 0.6) is 17.2 Å². The number of rotatable bonds is 29. The normalized spacial score (nSPS) is 15.6. The number of alkyl halides is 3. The third kappa shape index (κ3) is 19.9. The Morgan fingerprint density at radius 1 is 0.839 bits per heavy atom. The van der Waals surface area contributed by atoms with Crippen molar-refractivity contribution >= 4 is 57.9 Å².